The van der Waals surface area contributed by atoms with Gasteiger partial charge in [-0.1, -0.05) is 49.4 Å². The van der Waals surface area contributed by atoms with Gasteiger partial charge in [0.2, 0.25) is 0 Å². The summed E-state index contributed by atoms with van der Waals surface area (Å²) in [5.41, 5.74) is 3.09. The van der Waals surface area contributed by atoms with E-state index in [4.69, 9.17) is 22.2 Å². The van der Waals surface area contributed by atoms with E-state index in [2.05, 4.69) is 5.43 Å². The summed E-state index contributed by atoms with van der Waals surface area (Å²) in [6.07, 6.45) is 7.02. The summed E-state index contributed by atoms with van der Waals surface area (Å²) in [4.78, 5) is 0. The second-order valence-corrected chi connectivity index (χ2v) is 6.23. The summed E-state index contributed by atoms with van der Waals surface area (Å²) in [6, 6.07) is 4.95. The first-order chi connectivity index (χ1) is 10.1. The molecule has 1 aromatic rings. The van der Waals surface area contributed by atoms with Crippen molar-refractivity contribution in [2.45, 2.75) is 56.6 Å². The van der Waals surface area contributed by atoms with Crippen LogP contribution in [0.25, 0.3) is 0 Å². The predicted octanol–water partition coefficient (Wildman–Crippen LogP) is 3.59. The molecule has 21 heavy (non-hydrogen) atoms. The zero-order valence-corrected chi connectivity index (χ0v) is 13.3. The fourth-order valence-electron chi connectivity index (χ4n) is 3.34. The zero-order valence-electron chi connectivity index (χ0n) is 12.5. The zero-order chi connectivity index (χ0) is 15.3. The number of halogens is 2. The molecule has 0 saturated heterocycles. The van der Waals surface area contributed by atoms with Gasteiger partial charge in [-0.25, -0.2) is 4.39 Å². The van der Waals surface area contributed by atoms with Gasteiger partial charge < -0.3 is 4.74 Å². The third-order valence-electron chi connectivity index (χ3n) is 4.65. The highest BCUT2D eigenvalue weighted by molar-refractivity contribution is 6.30. The van der Waals surface area contributed by atoms with E-state index in [1.807, 2.05) is 0 Å². The van der Waals surface area contributed by atoms with E-state index in [1.165, 1.54) is 12.8 Å². The van der Waals surface area contributed by atoms with Crippen molar-refractivity contribution >= 4 is 11.6 Å². The molecular weight excluding hydrogens is 291 g/mol. The Morgan fingerprint density at radius 3 is 2.57 bits per heavy atom. The molecular formula is C16H24ClFN2O. The van der Waals surface area contributed by atoms with Gasteiger partial charge in [0, 0.05) is 7.11 Å². The van der Waals surface area contributed by atoms with Crippen LogP contribution >= 0.6 is 11.6 Å². The van der Waals surface area contributed by atoms with E-state index in [0.29, 0.717) is 12.0 Å². The molecule has 1 aliphatic rings. The summed E-state index contributed by atoms with van der Waals surface area (Å²) in [5, 5.41) is 0.149. The number of methoxy groups -OCH3 is 1. The maximum absolute atomic E-state index is 14.1. The van der Waals surface area contributed by atoms with E-state index in [1.54, 1.807) is 25.3 Å². The Hall–Kier alpha value is -0.680. The minimum atomic E-state index is -0.362. The molecule has 0 aromatic heterocycles. The van der Waals surface area contributed by atoms with Gasteiger partial charge in [-0.3, -0.25) is 11.3 Å². The minimum Gasteiger partial charge on any atom is -0.377 e. The Kier molecular flexibility index (Phi) is 5.99. The highest BCUT2D eigenvalue weighted by Gasteiger charge is 2.39. The van der Waals surface area contributed by atoms with Crippen molar-refractivity contribution in [2.24, 2.45) is 5.84 Å². The maximum atomic E-state index is 14.1. The number of hydrogen-bond acceptors (Lipinski definition) is 3. The van der Waals surface area contributed by atoms with Crippen LogP contribution in [0.1, 0.15) is 44.1 Å². The third kappa shape index (κ3) is 3.75. The summed E-state index contributed by atoms with van der Waals surface area (Å²) >= 11 is 5.86. The van der Waals surface area contributed by atoms with Gasteiger partial charge in [-0.15, -0.1) is 0 Å². The number of nitrogens with two attached hydrogens (primary N) is 1. The summed E-state index contributed by atoms with van der Waals surface area (Å²) < 4.78 is 20.0. The highest BCUT2D eigenvalue weighted by atomic mass is 35.5. The molecule has 0 amide bonds. The fraction of sp³-hybridized carbons (Fsp3) is 0.625. The molecule has 1 atom stereocenters. The maximum Gasteiger partial charge on any atom is 0.145 e. The van der Waals surface area contributed by atoms with Gasteiger partial charge in [0.25, 0.3) is 0 Å². The number of ether oxygens (including phenoxy) is 1. The lowest BCUT2D eigenvalue weighted by Crippen LogP contribution is -2.55. The van der Waals surface area contributed by atoms with Crippen LogP contribution < -0.4 is 11.3 Å². The van der Waals surface area contributed by atoms with Crippen molar-refractivity contribution in [3.05, 3.63) is 34.6 Å². The SMILES string of the molecule is COC1(C(Cc2cccc(Cl)c2F)NN)CCCCCC1. The first-order valence-electron chi connectivity index (χ1n) is 7.57. The Morgan fingerprint density at radius 1 is 1.33 bits per heavy atom. The molecule has 1 unspecified atom stereocenters. The molecule has 3 nitrogen and oxygen atoms in total. The molecule has 1 fully saturated rings. The Balaban J connectivity index is 2.22. The lowest BCUT2D eigenvalue weighted by Gasteiger charge is -2.39. The van der Waals surface area contributed by atoms with Crippen LogP contribution in [0.3, 0.4) is 0 Å². The van der Waals surface area contributed by atoms with Gasteiger partial charge in [-0.2, -0.15) is 0 Å². The monoisotopic (exact) mass is 314 g/mol. The molecule has 5 heteroatoms. The van der Waals surface area contributed by atoms with Crippen molar-refractivity contribution in [2.75, 3.05) is 7.11 Å². The van der Waals surface area contributed by atoms with Gasteiger partial charge in [-0.05, 0) is 30.9 Å². The largest absolute Gasteiger partial charge is 0.377 e. The van der Waals surface area contributed by atoms with Crippen molar-refractivity contribution in [3.8, 4) is 0 Å². The predicted molar refractivity (Wildman–Crippen MR) is 83.7 cm³/mol. The topological polar surface area (TPSA) is 47.3 Å². The molecule has 0 spiro atoms. The number of benzene rings is 1. The van der Waals surface area contributed by atoms with Crippen molar-refractivity contribution in [1.29, 1.82) is 0 Å². The quantitative estimate of drug-likeness (QED) is 0.496. The van der Waals surface area contributed by atoms with Crippen LogP contribution in [0.5, 0.6) is 0 Å². The van der Waals surface area contributed by atoms with Crippen LogP contribution in [0, 0.1) is 5.82 Å². The van der Waals surface area contributed by atoms with Crippen LogP contribution in [0.2, 0.25) is 5.02 Å². The molecule has 1 aromatic carbocycles. The van der Waals surface area contributed by atoms with E-state index >= 15 is 0 Å². The van der Waals surface area contributed by atoms with Crippen molar-refractivity contribution in [3.63, 3.8) is 0 Å². The van der Waals surface area contributed by atoms with Crippen LogP contribution in [-0.2, 0) is 11.2 Å². The van der Waals surface area contributed by atoms with Crippen molar-refractivity contribution < 1.29 is 9.13 Å². The van der Waals surface area contributed by atoms with E-state index in [0.717, 1.165) is 25.7 Å². The summed E-state index contributed by atoms with van der Waals surface area (Å²) in [5.74, 6) is 5.40. The smallest absolute Gasteiger partial charge is 0.145 e. The van der Waals surface area contributed by atoms with E-state index in [-0.39, 0.29) is 22.5 Å². The molecule has 1 aliphatic carbocycles. The first kappa shape index (κ1) is 16.7. The number of hydrazine groups is 1. The molecule has 0 aliphatic heterocycles. The second-order valence-electron chi connectivity index (χ2n) is 5.82. The lowest BCUT2D eigenvalue weighted by atomic mass is 9.83. The molecule has 0 heterocycles. The molecule has 1 saturated carbocycles. The lowest BCUT2D eigenvalue weighted by molar-refractivity contribution is -0.0528. The summed E-state index contributed by atoms with van der Waals surface area (Å²) in [7, 11) is 1.73. The van der Waals surface area contributed by atoms with Crippen LogP contribution in [0.15, 0.2) is 18.2 Å². The first-order valence-corrected chi connectivity index (χ1v) is 7.95. The average Bonchev–Trinajstić information content (AvgIpc) is 2.75. The van der Waals surface area contributed by atoms with Gasteiger partial charge in [0.15, 0.2) is 0 Å². The molecule has 0 bridgehead atoms. The van der Waals surface area contributed by atoms with Gasteiger partial charge >= 0.3 is 0 Å². The standard InChI is InChI=1S/C16H24ClFN2O/c1-21-16(9-4-2-3-5-10-16)14(20-19)11-12-7-6-8-13(17)15(12)18/h6-8,14,20H,2-5,9-11,19H2,1H3. The number of hydrogen-bond donors (Lipinski definition) is 2. The normalized spacial score (nSPS) is 20.0. The van der Waals surface area contributed by atoms with Crippen LogP contribution in [-0.4, -0.2) is 18.8 Å². The number of nitrogens with one attached hydrogen (secondary N) is 1. The second kappa shape index (κ2) is 7.54. The molecule has 0 radical (unpaired) electrons. The third-order valence-corrected chi connectivity index (χ3v) is 4.94. The molecule has 3 N–H and O–H groups in total. The Bertz CT molecular complexity index is 462. The van der Waals surface area contributed by atoms with Crippen LogP contribution in [0.4, 0.5) is 4.39 Å². The van der Waals surface area contributed by atoms with Gasteiger partial charge in [0.1, 0.15) is 5.82 Å². The van der Waals surface area contributed by atoms with Gasteiger partial charge in [0.05, 0.1) is 16.7 Å². The van der Waals surface area contributed by atoms with E-state index in [9.17, 15) is 4.39 Å². The number of rotatable bonds is 5. The molecule has 118 valence electrons. The van der Waals surface area contributed by atoms with E-state index < -0.39 is 0 Å². The average molecular weight is 315 g/mol. The van der Waals surface area contributed by atoms with Crippen molar-refractivity contribution in [1.82, 2.24) is 5.43 Å². The highest BCUT2D eigenvalue weighted by Crippen LogP contribution is 2.34. The summed E-state index contributed by atoms with van der Waals surface area (Å²) in [6.45, 7) is 0. The Morgan fingerprint density at radius 2 is 2.00 bits per heavy atom. The molecule has 2 rings (SSSR count). The Labute approximate surface area is 131 Å². The minimum absolute atomic E-state index is 0.131. The fourth-order valence-corrected chi connectivity index (χ4v) is 3.54.